The van der Waals surface area contributed by atoms with Crippen LogP contribution in [0.25, 0.3) is 10.8 Å². The normalized spacial score (nSPS) is 10.2. The molecule has 2 aromatic rings. The molecule has 1 amide bonds. The third-order valence-corrected chi connectivity index (χ3v) is 2.08. The molecule has 1 aromatic carbocycles. The van der Waals surface area contributed by atoms with Crippen LogP contribution < -0.4 is 5.48 Å². The Morgan fingerprint density at radius 1 is 1.33 bits per heavy atom. The van der Waals surface area contributed by atoms with Gasteiger partial charge in [0.2, 0.25) is 0 Å². The van der Waals surface area contributed by atoms with Crippen molar-refractivity contribution >= 4 is 16.7 Å². The Morgan fingerprint density at radius 3 is 2.93 bits per heavy atom. The van der Waals surface area contributed by atoms with Crippen LogP contribution >= 0.6 is 0 Å². The SMILES string of the molecule is CONC(=O)c1nccc2ccccc12. The number of rotatable bonds is 2. The fourth-order valence-corrected chi connectivity index (χ4v) is 1.44. The molecule has 1 heterocycles. The van der Waals surface area contributed by atoms with Gasteiger partial charge in [0.05, 0.1) is 7.11 Å². The molecule has 0 aliphatic heterocycles. The molecule has 1 aromatic heterocycles. The fourth-order valence-electron chi connectivity index (χ4n) is 1.44. The van der Waals surface area contributed by atoms with Gasteiger partial charge in [-0.25, -0.2) is 5.48 Å². The van der Waals surface area contributed by atoms with Gasteiger partial charge in [-0.05, 0) is 11.5 Å². The number of aromatic nitrogens is 1. The maximum absolute atomic E-state index is 11.6. The number of pyridine rings is 1. The molecule has 1 N–H and O–H groups in total. The predicted octanol–water partition coefficient (Wildman–Crippen LogP) is 1.53. The number of hydroxylamine groups is 1. The van der Waals surface area contributed by atoms with Gasteiger partial charge in [-0.1, -0.05) is 24.3 Å². The molecule has 0 unspecified atom stereocenters. The first-order chi connectivity index (χ1) is 7.33. The van der Waals surface area contributed by atoms with Crippen molar-refractivity contribution in [2.45, 2.75) is 0 Å². The van der Waals surface area contributed by atoms with E-state index in [1.165, 1.54) is 7.11 Å². The molecule has 0 fully saturated rings. The van der Waals surface area contributed by atoms with Gasteiger partial charge in [0.15, 0.2) is 0 Å². The number of carbonyl (C=O) groups is 1. The lowest BCUT2D eigenvalue weighted by Crippen LogP contribution is -2.23. The lowest BCUT2D eigenvalue weighted by molar-refractivity contribution is 0.0534. The minimum absolute atomic E-state index is 0.339. The Hall–Kier alpha value is -1.94. The maximum atomic E-state index is 11.6. The molecule has 0 bridgehead atoms. The molecule has 0 spiro atoms. The standard InChI is InChI=1S/C11H10N2O2/c1-15-13-11(14)10-9-5-3-2-4-8(9)6-7-12-10/h2-7H,1H3,(H,13,14). The van der Waals surface area contributed by atoms with E-state index in [4.69, 9.17) is 0 Å². The summed E-state index contributed by atoms with van der Waals surface area (Å²) >= 11 is 0. The van der Waals surface area contributed by atoms with Crippen LogP contribution in [0.4, 0.5) is 0 Å². The van der Waals surface area contributed by atoms with E-state index < -0.39 is 0 Å². The Morgan fingerprint density at radius 2 is 2.13 bits per heavy atom. The van der Waals surface area contributed by atoms with Crippen molar-refractivity contribution in [1.82, 2.24) is 10.5 Å². The van der Waals surface area contributed by atoms with Gasteiger partial charge in [0.25, 0.3) is 5.91 Å². The third-order valence-electron chi connectivity index (χ3n) is 2.08. The number of nitrogens with zero attached hydrogens (tertiary/aromatic N) is 1. The van der Waals surface area contributed by atoms with Crippen molar-refractivity contribution in [2.24, 2.45) is 0 Å². The van der Waals surface area contributed by atoms with E-state index in [0.29, 0.717) is 5.69 Å². The Kier molecular flexibility index (Phi) is 2.60. The minimum atomic E-state index is -0.339. The van der Waals surface area contributed by atoms with E-state index in [1.54, 1.807) is 6.20 Å². The van der Waals surface area contributed by atoms with Crippen molar-refractivity contribution < 1.29 is 9.63 Å². The summed E-state index contributed by atoms with van der Waals surface area (Å²) in [5, 5.41) is 1.79. The number of hydrogen-bond donors (Lipinski definition) is 1. The summed E-state index contributed by atoms with van der Waals surface area (Å²) < 4.78 is 0. The summed E-state index contributed by atoms with van der Waals surface area (Å²) in [6.07, 6.45) is 1.60. The van der Waals surface area contributed by atoms with Gasteiger partial charge < -0.3 is 0 Å². The summed E-state index contributed by atoms with van der Waals surface area (Å²) in [6.45, 7) is 0. The molecule has 0 aliphatic carbocycles. The highest BCUT2D eigenvalue weighted by molar-refractivity contribution is 6.04. The van der Waals surface area contributed by atoms with Crippen LogP contribution in [0.2, 0.25) is 0 Å². The van der Waals surface area contributed by atoms with Crippen molar-refractivity contribution in [1.29, 1.82) is 0 Å². The largest absolute Gasteiger partial charge is 0.294 e. The zero-order valence-corrected chi connectivity index (χ0v) is 8.23. The van der Waals surface area contributed by atoms with Crippen LogP contribution in [0.5, 0.6) is 0 Å². The first kappa shape index (κ1) is 9.61. The number of fused-ring (bicyclic) bond motifs is 1. The molecule has 2 rings (SSSR count). The predicted molar refractivity (Wildman–Crippen MR) is 56.2 cm³/mol. The van der Waals surface area contributed by atoms with Crippen molar-refractivity contribution in [3.05, 3.63) is 42.2 Å². The van der Waals surface area contributed by atoms with Gasteiger partial charge >= 0.3 is 0 Å². The van der Waals surface area contributed by atoms with E-state index in [1.807, 2.05) is 30.3 Å². The van der Waals surface area contributed by atoms with Crippen molar-refractivity contribution in [3.8, 4) is 0 Å². The first-order valence-corrected chi connectivity index (χ1v) is 4.50. The molecule has 4 heteroatoms. The van der Waals surface area contributed by atoms with Crippen molar-refractivity contribution in [3.63, 3.8) is 0 Å². The van der Waals surface area contributed by atoms with E-state index in [0.717, 1.165) is 10.8 Å². The van der Waals surface area contributed by atoms with E-state index in [-0.39, 0.29) is 5.91 Å². The molecule has 0 atom stereocenters. The Labute approximate surface area is 86.8 Å². The third kappa shape index (κ3) is 1.80. The van der Waals surface area contributed by atoms with Crippen LogP contribution in [0.15, 0.2) is 36.5 Å². The Bertz CT molecular complexity index is 491. The summed E-state index contributed by atoms with van der Waals surface area (Å²) in [5.74, 6) is -0.339. The lowest BCUT2D eigenvalue weighted by Gasteiger charge is -2.04. The molecule has 76 valence electrons. The topological polar surface area (TPSA) is 51.2 Å². The van der Waals surface area contributed by atoms with Gasteiger partial charge in [-0.3, -0.25) is 14.6 Å². The first-order valence-electron chi connectivity index (χ1n) is 4.50. The minimum Gasteiger partial charge on any atom is -0.277 e. The summed E-state index contributed by atoms with van der Waals surface area (Å²) in [7, 11) is 1.39. The Balaban J connectivity index is 2.56. The zero-order chi connectivity index (χ0) is 10.7. The molecular formula is C11H10N2O2. The van der Waals surface area contributed by atoms with E-state index in [2.05, 4.69) is 15.3 Å². The fraction of sp³-hybridized carbons (Fsp3) is 0.0909. The molecule has 0 aliphatic rings. The summed E-state index contributed by atoms with van der Waals surface area (Å²) in [6, 6.07) is 9.43. The molecule has 0 radical (unpaired) electrons. The van der Waals surface area contributed by atoms with E-state index in [9.17, 15) is 4.79 Å². The average Bonchev–Trinajstić information content (AvgIpc) is 2.28. The maximum Gasteiger partial charge on any atom is 0.294 e. The summed E-state index contributed by atoms with van der Waals surface area (Å²) in [5.41, 5.74) is 2.62. The number of carbonyl (C=O) groups excluding carboxylic acids is 1. The second kappa shape index (κ2) is 4.06. The van der Waals surface area contributed by atoms with Crippen LogP contribution in [0.1, 0.15) is 10.5 Å². The van der Waals surface area contributed by atoms with Crippen LogP contribution in [-0.4, -0.2) is 18.0 Å². The van der Waals surface area contributed by atoms with Crippen LogP contribution in [0.3, 0.4) is 0 Å². The smallest absolute Gasteiger partial charge is 0.277 e. The molecule has 0 saturated heterocycles. The van der Waals surface area contributed by atoms with Crippen molar-refractivity contribution in [2.75, 3.05) is 7.11 Å². The highest BCUT2D eigenvalue weighted by atomic mass is 16.6. The lowest BCUT2D eigenvalue weighted by atomic mass is 10.1. The molecular weight excluding hydrogens is 192 g/mol. The van der Waals surface area contributed by atoms with Gasteiger partial charge in [0, 0.05) is 11.6 Å². The van der Waals surface area contributed by atoms with Gasteiger partial charge in [-0.2, -0.15) is 0 Å². The van der Waals surface area contributed by atoms with Gasteiger partial charge in [0.1, 0.15) is 5.69 Å². The monoisotopic (exact) mass is 202 g/mol. The molecule has 15 heavy (non-hydrogen) atoms. The van der Waals surface area contributed by atoms with Crippen LogP contribution in [-0.2, 0) is 4.84 Å². The van der Waals surface area contributed by atoms with E-state index >= 15 is 0 Å². The number of benzene rings is 1. The molecule has 4 nitrogen and oxygen atoms in total. The quantitative estimate of drug-likeness (QED) is 0.751. The highest BCUT2D eigenvalue weighted by Gasteiger charge is 2.10. The summed E-state index contributed by atoms with van der Waals surface area (Å²) in [4.78, 5) is 20.2. The number of nitrogens with one attached hydrogen (secondary N) is 1. The average molecular weight is 202 g/mol. The number of amides is 1. The second-order valence-corrected chi connectivity index (χ2v) is 3.02. The van der Waals surface area contributed by atoms with Gasteiger partial charge in [-0.15, -0.1) is 0 Å². The highest BCUT2D eigenvalue weighted by Crippen LogP contribution is 2.15. The van der Waals surface area contributed by atoms with Crippen LogP contribution in [0, 0.1) is 0 Å². The zero-order valence-electron chi connectivity index (χ0n) is 8.23. The second-order valence-electron chi connectivity index (χ2n) is 3.02. The molecule has 0 saturated carbocycles. The number of hydrogen-bond acceptors (Lipinski definition) is 3.